The SMILES string of the molecule is O=C(O)C1CCN(C(=O)Nc2ccc(Cl)c([N+](=O)[O-])c2)CC1. The first kappa shape index (κ1) is 16.0. The number of urea groups is 1. The summed E-state index contributed by atoms with van der Waals surface area (Å²) in [6.07, 6.45) is 0.785. The maximum absolute atomic E-state index is 12.1. The molecule has 1 aromatic rings. The van der Waals surface area contributed by atoms with Gasteiger partial charge < -0.3 is 15.3 Å². The van der Waals surface area contributed by atoms with Crippen molar-refractivity contribution in [3.63, 3.8) is 0 Å². The van der Waals surface area contributed by atoms with Crippen molar-refractivity contribution in [2.24, 2.45) is 5.92 Å². The quantitative estimate of drug-likeness (QED) is 0.654. The molecule has 0 aromatic heterocycles. The molecule has 8 nitrogen and oxygen atoms in total. The number of halogens is 1. The summed E-state index contributed by atoms with van der Waals surface area (Å²) < 4.78 is 0. The lowest BCUT2D eigenvalue weighted by atomic mass is 9.97. The lowest BCUT2D eigenvalue weighted by Crippen LogP contribution is -2.42. The van der Waals surface area contributed by atoms with Gasteiger partial charge in [-0.3, -0.25) is 14.9 Å². The molecular formula is C13H14ClN3O5. The fourth-order valence-electron chi connectivity index (χ4n) is 2.26. The lowest BCUT2D eigenvalue weighted by molar-refractivity contribution is -0.384. The number of rotatable bonds is 3. The minimum absolute atomic E-state index is 0.00901. The number of nitrogens with one attached hydrogen (secondary N) is 1. The number of nitro groups is 1. The Balaban J connectivity index is 2.00. The van der Waals surface area contributed by atoms with Crippen molar-refractivity contribution in [1.82, 2.24) is 4.90 Å². The van der Waals surface area contributed by atoms with Crippen molar-refractivity contribution in [2.75, 3.05) is 18.4 Å². The second-order valence-electron chi connectivity index (χ2n) is 4.95. The summed E-state index contributed by atoms with van der Waals surface area (Å²) in [5.74, 6) is -1.28. The Bertz CT molecular complexity index is 614. The number of benzene rings is 1. The van der Waals surface area contributed by atoms with Crippen molar-refractivity contribution in [3.8, 4) is 0 Å². The van der Waals surface area contributed by atoms with Crippen LogP contribution >= 0.6 is 11.6 Å². The fourth-order valence-corrected chi connectivity index (χ4v) is 2.45. The maximum atomic E-state index is 12.1. The summed E-state index contributed by atoms with van der Waals surface area (Å²) in [6.45, 7) is 0.664. The Morgan fingerprint density at radius 1 is 1.36 bits per heavy atom. The number of likely N-dealkylation sites (tertiary alicyclic amines) is 1. The standard InChI is InChI=1S/C13H14ClN3O5/c14-10-2-1-9(7-11(10)17(21)22)15-13(20)16-5-3-8(4-6-16)12(18)19/h1-2,7-8H,3-6H2,(H,15,20)(H,18,19). The van der Waals surface area contributed by atoms with E-state index in [-0.39, 0.29) is 16.4 Å². The molecule has 0 unspecified atom stereocenters. The van der Waals surface area contributed by atoms with E-state index in [1.807, 2.05) is 0 Å². The van der Waals surface area contributed by atoms with E-state index in [4.69, 9.17) is 16.7 Å². The van der Waals surface area contributed by atoms with Gasteiger partial charge in [-0.1, -0.05) is 11.6 Å². The zero-order chi connectivity index (χ0) is 16.3. The van der Waals surface area contributed by atoms with Crippen LogP contribution in [0.3, 0.4) is 0 Å². The third-order valence-corrected chi connectivity index (χ3v) is 3.85. The average molecular weight is 328 g/mol. The number of carbonyl (C=O) groups is 2. The molecule has 9 heteroatoms. The van der Waals surface area contributed by atoms with Gasteiger partial charge in [0, 0.05) is 24.8 Å². The number of anilines is 1. The van der Waals surface area contributed by atoms with Crippen LogP contribution in [0.15, 0.2) is 18.2 Å². The highest BCUT2D eigenvalue weighted by Gasteiger charge is 2.27. The van der Waals surface area contributed by atoms with Crippen LogP contribution in [-0.4, -0.2) is 40.0 Å². The average Bonchev–Trinajstić information content (AvgIpc) is 2.49. The summed E-state index contributed by atoms with van der Waals surface area (Å²) in [5.41, 5.74) is -0.0227. The van der Waals surface area contributed by atoms with Crippen molar-refractivity contribution in [3.05, 3.63) is 33.3 Å². The summed E-state index contributed by atoms with van der Waals surface area (Å²) >= 11 is 5.70. The molecule has 0 aliphatic carbocycles. The molecule has 1 aliphatic heterocycles. The van der Waals surface area contributed by atoms with Gasteiger partial charge >= 0.3 is 12.0 Å². The molecule has 1 aromatic carbocycles. The maximum Gasteiger partial charge on any atom is 0.321 e. The Morgan fingerprint density at radius 3 is 2.55 bits per heavy atom. The van der Waals surface area contributed by atoms with Gasteiger partial charge in [-0.05, 0) is 25.0 Å². The second-order valence-corrected chi connectivity index (χ2v) is 5.36. The third kappa shape index (κ3) is 3.64. The Hall–Kier alpha value is -2.35. The molecule has 2 amide bonds. The van der Waals surface area contributed by atoms with E-state index in [1.54, 1.807) is 0 Å². The van der Waals surface area contributed by atoms with Crippen LogP contribution in [0, 0.1) is 16.0 Å². The van der Waals surface area contributed by atoms with Crippen LogP contribution in [0.25, 0.3) is 0 Å². The zero-order valence-electron chi connectivity index (χ0n) is 11.5. The zero-order valence-corrected chi connectivity index (χ0v) is 12.2. The Morgan fingerprint density at radius 2 is 2.00 bits per heavy atom. The van der Waals surface area contributed by atoms with Gasteiger partial charge in [0.2, 0.25) is 0 Å². The predicted octanol–water partition coefficient (Wildman–Crippen LogP) is 2.58. The molecule has 0 radical (unpaired) electrons. The number of hydrogen-bond acceptors (Lipinski definition) is 4. The molecule has 1 saturated heterocycles. The van der Waals surface area contributed by atoms with Crippen LogP contribution in [0.1, 0.15) is 12.8 Å². The number of nitro benzene ring substituents is 1. The minimum atomic E-state index is -0.853. The van der Waals surface area contributed by atoms with E-state index >= 15 is 0 Å². The van der Waals surface area contributed by atoms with E-state index in [0.29, 0.717) is 25.9 Å². The predicted molar refractivity (Wildman–Crippen MR) is 79.1 cm³/mol. The number of hydrogen-bond donors (Lipinski definition) is 2. The van der Waals surface area contributed by atoms with Crippen LogP contribution in [-0.2, 0) is 4.79 Å². The first-order chi connectivity index (χ1) is 10.4. The third-order valence-electron chi connectivity index (χ3n) is 3.53. The largest absolute Gasteiger partial charge is 0.481 e. The van der Waals surface area contributed by atoms with Crippen LogP contribution in [0.5, 0.6) is 0 Å². The molecule has 1 heterocycles. The molecule has 1 fully saturated rings. The molecule has 2 rings (SSSR count). The van der Waals surface area contributed by atoms with E-state index in [1.165, 1.54) is 23.1 Å². The number of carboxylic acid groups (broad SMARTS) is 1. The van der Waals surface area contributed by atoms with Gasteiger partial charge in [-0.15, -0.1) is 0 Å². The van der Waals surface area contributed by atoms with Crippen LogP contribution in [0.4, 0.5) is 16.2 Å². The summed E-state index contributed by atoms with van der Waals surface area (Å²) in [7, 11) is 0. The van der Waals surface area contributed by atoms with Crippen molar-refractivity contribution in [2.45, 2.75) is 12.8 Å². The van der Waals surface area contributed by atoms with Gasteiger partial charge in [-0.25, -0.2) is 4.79 Å². The molecule has 1 aliphatic rings. The first-order valence-corrected chi connectivity index (χ1v) is 6.99. The van der Waals surface area contributed by atoms with Gasteiger partial charge in [-0.2, -0.15) is 0 Å². The lowest BCUT2D eigenvalue weighted by Gasteiger charge is -2.30. The summed E-state index contributed by atoms with van der Waals surface area (Å²) in [5, 5.41) is 22.3. The highest BCUT2D eigenvalue weighted by atomic mass is 35.5. The number of carbonyl (C=O) groups excluding carboxylic acids is 1. The van der Waals surface area contributed by atoms with Crippen molar-refractivity contribution >= 4 is 35.0 Å². The topological polar surface area (TPSA) is 113 Å². The van der Waals surface area contributed by atoms with E-state index in [9.17, 15) is 19.7 Å². The van der Waals surface area contributed by atoms with Gasteiger partial charge in [0.25, 0.3) is 5.69 Å². The van der Waals surface area contributed by atoms with Gasteiger partial charge in [0.1, 0.15) is 5.02 Å². The molecule has 22 heavy (non-hydrogen) atoms. The van der Waals surface area contributed by atoms with Crippen LogP contribution in [0.2, 0.25) is 5.02 Å². The normalized spacial score (nSPS) is 15.4. The van der Waals surface area contributed by atoms with Crippen molar-refractivity contribution < 1.29 is 19.6 Å². The van der Waals surface area contributed by atoms with Gasteiger partial charge in [0.15, 0.2) is 0 Å². The van der Waals surface area contributed by atoms with E-state index in [0.717, 1.165) is 0 Å². The molecule has 0 atom stereocenters. The van der Waals surface area contributed by atoms with Gasteiger partial charge in [0.05, 0.1) is 10.8 Å². The highest BCUT2D eigenvalue weighted by molar-refractivity contribution is 6.32. The minimum Gasteiger partial charge on any atom is -0.481 e. The first-order valence-electron chi connectivity index (χ1n) is 6.61. The Kier molecular flexibility index (Phi) is 4.81. The summed E-state index contributed by atoms with van der Waals surface area (Å²) in [6, 6.07) is 3.58. The molecule has 0 spiro atoms. The molecule has 118 valence electrons. The van der Waals surface area contributed by atoms with E-state index < -0.39 is 22.8 Å². The number of amides is 2. The highest BCUT2D eigenvalue weighted by Crippen LogP contribution is 2.27. The number of aliphatic carboxylic acids is 1. The summed E-state index contributed by atoms with van der Waals surface area (Å²) in [4.78, 5) is 34.6. The fraction of sp³-hybridized carbons (Fsp3) is 0.385. The van der Waals surface area contributed by atoms with Crippen LogP contribution < -0.4 is 5.32 Å². The Labute approximate surface area is 130 Å². The van der Waals surface area contributed by atoms with E-state index in [2.05, 4.69) is 5.32 Å². The monoisotopic (exact) mass is 327 g/mol. The van der Waals surface area contributed by atoms with Crippen molar-refractivity contribution in [1.29, 1.82) is 0 Å². The molecule has 2 N–H and O–H groups in total. The number of nitrogens with zero attached hydrogens (tertiary/aromatic N) is 2. The number of piperidine rings is 1. The molecule has 0 saturated carbocycles. The molecule has 0 bridgehead atoms. The number of carboxylic acids is 1. The second kappa shape index (κ2) is 6.61. The smallest absolute Gasteiger partial charge is 0.321 e. The molecular weight excluding hydrogens is 314 g/mol.